The summed E-state index contributed by atoms with van der Waals surface area (Å²) in [6, 6.07) is 10.3. The van der Waals surface area contributed by atoms with Gasteiger partial charge in [-0.1, -0.05) is 12.1 Å². The van der Waals surface area contributed by atoms with Gasteiger partial charge in [-0.2, -0.15) is 13.8 Å². The molecule has 41 heavy (non-hydrogen) atoms. The van der Waals surface area contributed by atoms with Crippen LogP contribution in [-0.4, -0.2) is 95.2 Å². The summed E-state index contributed by atoms with van der Waals surface area (Å²) in [4.78, 5) is 34.0. The predicted octanol–water partition coefficient (Wildman–Crippen LogP) is 2.76. The van der Waals surface area contributed by atoms with E-state index >= 15 is 8.78 Å². The Labute approximate surface area is 234 Å². The Morgan fingerprint density at radius 1 is 0.927 bits per heavy atom. The average Bonchev–Trinajstić information content (AvgIpc) is 3.19. The lowest BCUT2D eigenvalue weighted by molar-refractivity contribution is -0.154. The minimum Gasteiger partial charge on any atom is -0.442 e. The minimum absolute atomic E-state index is 0.0790. The molecule has 1 atom stereocenters. The maximum atomic E-state index is 15.2. The van der Waals surface area contributed by atoms with Crippen molar-refractivity contribution in [2.45, 2.75) is 19.1 Å². The van der Waals surface area contributed by atoms with Crippen LogP contribution in [0.5, 0.6) is 0 Å². The normalized spacial score (nSPS) is 20.4. The summed E-state index contributed by atoms with van der Waals surface area (Å²) in [5, 5.41) is 3.73. The molecule has 2 aromatic rings. The molecule has 3 aliphatic rings. The van der Waals surface area contributed by atoms with Gasteiger partial charge in [0.15, 0.2) is 11.6 Å². The number of carbonyl (C=O) groups excluding carboxylic acids is 2. The van der Waals surface area contributed by atoms with Crippen molar-refractivity contribution in [1.82, 2.24) is 10.4 Å². The monoisotopic (exact) mass is 581 g/mol. The molecule has 0 spiro atoms. The number of halogens is 4. The summed E-state index contributed by atoms with van der Waals surface area (Å²) in [6.07, 6.45) is -5.05. The Kier molecular flexibility index (Phi) is 9.10. The van der Waals surface area contributed by atoms with Gasteiger partial charge in [-0.3, -0.25) is 14.5 Å². The van der Waals surface area contributed by atoms with Gasteiger partial charge in [0.1, 0.15) is 11.8 Å². The fraction of sp³-hybridized carbons (Fsp3) is 0.481. The molecule has 0 radical (unpaired) electrons. The molecule has 3 heterocycles. The van der Waals surface area contributed by atoms with E-state index in [9.17, 15) is 18.4 Å². The highest BCUT2D eigenvalue weighted by Gasteiger charge is 2.34. The van der Waals surface area contributed by atoms with E-state index in [1.807, 2.05) is 17.4 Å². The van der Waals surface area contributed by atoms with Gasteiger partial charge in [0.25, 0.3) is 5.91 Å². The second kappa shape index (κ2) is 12.9. The van der Waals surface area contributed by atoms with Crippen molar-refractivity contribution in [3.8, 4) is 0 Å². The van der Waals surface area contributed by atoms with Crippen LogP contribution >= 0.6 is 0 Å². The fourth-order valence-electron chi connectivity index (χ4n) is 5.01. The summed E-state index contributed by atoms with van der Waals surface area (Å²) >= 11 is 0. The Morgan fingerprint density at radius 2 is 1.61 bits per heavy atom. The molecule has 2 amide bonds. The number of nitrogens with one attached hydrogen (secondary N) is 1. The summed E-state index contributed by atoms with van der Waals surface area (Å²) < 4.78 is 65.6. The molecule has 2 aromatic carbocycles. The molecule has 3 aliphatic heterocycles. The third kappa shape index (κ3) is 7.00. The van der Waals surface area contributed by atoms with Crippen molar-refractivity contribution in [2.24, 2.45) is 0 Å². The zero-order chi connectivity index (χ0) is 28.9. The highest BCUT2D eigenvalue weighted by atomic mass is 19.3. The number of ether oxygens (including phenoxy) is 2. The molecule has 0 bridgehead atoms. The Bertz CT molecular complexity index is 1210. The van der Waals surface area contributed by atoms with Crippen molar-refractivity contribution in [1.29, 1.82) is 0 Å². The van der Waals surface area contributed by atoms with E-state index in [2.05, 4.69) is 17.0 Å². The zero-order valence-corrected chi connectivity index (χ0v) is 22.2. The van der Waals surface area contributed by atoms with Crippen LogP contribution in [0.1, 0.15) is 5.56 Å². The number of hydroxylamine groups is 2. The van der Waals surface area contributed by atoms with Gasteiger partial charge in [0, 0.05) is 57.1 Å². The lowest BCUT2D eigenvalue weighted by Crippen LogP contribution is -2.37. The van der Waals surface area contributed by atoms with Crippen LogP contribution in [0.25, 0.3) is 0 Å². The molecule has 3 fully saturated rings. The first-order chi connectivity index (χ1) is 19.8. The zero-order valence-electron chi connectivity index (χ0n) is 22.2. The van der Waals surface area contributed by atoms with Gasteiger partial charge in [-0.25, -0.2) is 13.6 Å². The van der Waals surface area contributed by atoms with Gasteiger partial charge in [0.05, 0.1) is 38.6 Å². The standard InChI is InChI=1S/C27H31F4N5O5/c28-22-13-20(36-17-21(41-27(36)38)15-32-26(37)25(30)31)14-23(29)24(22)34-5-6-35(40-12-9-34)16-18-1-3-19(4-2-18)33-7-10-39-11-8-33/h1-4,13-14,21,25H,5-12,15-17H2,(H,32,37). The molecule has 5 rings (SSSR count). The summed E-state index contributed by atoms with van der Waals surface area (Å²) in [7, 11) is 0. The van der Waals surface area contributed by atoms with Crippen LogP contribution in [-0.2, 0) is 25.7 Å². The first-order valence-corrected chi connectivity index (χ1v) is 13.4. The van der Waals surface area contributed by atoms with Crippen molar-refractivity contribution in [3.05, 3.63) is 53.6 Å². The number of nitrogens with zero attached hydrogens (tertiary/aromatic N) is 4. The molecule has 1 N–H and O–H groups in total. The molecule has 0 saturated carbocycles. The first-order valence-electron chi connectivity index (χ1n) is 13.4. The molecule has 1 unspecified atom stereocenters. The SMILES string of the molecule is O=C(NCC1CN(c2cc(F)c(N3CCON(Cc4ccc(N5CCOCC5)cc4)CC3)c(F)c2)C(=O)O1)C(F)F. The Hall–Kier alpha value is -3.62. The molecule has 3 saturated heterocycles. The highest BCUT2D eigenvalue weighted by molar-refractivity contribution is 5.90. The van der Waals surface area contributed by atoms with Crippen LogP contribution in [0, 0.1) is 11.6 Å². The van der Waals surface area contributed by atoms with E-state index in [1.54, 1.807) is 9.96 Å². The van der Waals surface area contributed by atoms with Crippen molar-refractivity contribution in [3.63, 3.8) is 0 Å². The van der Waals surface area contributed by atoms with Crippen LogP contribution in [0.15, 0.2) is 36.4 Å². The van der Waals surface area contributed by atoms with E-state index in [4.69, 9.17) is 14.3 Å². The number of anilines is 3. The topological polar surface area (TPSA) is 86.8 Å². The summed E-state index contributed by atoms with van der Waals surface area (Å²) in [6.45, 7) is 4.29. The molecule has 10 nitrogen and oxygen atoms in total. The van der Waals surface area contributed by atoms with E-state index < -0.39 is 36.2 Å². The Morgan fingerprint density at radius 3 is 2.29 bits per heavy atom. The van der Waals surface area contributed by atoms with Crippen LogP contribution in [0.3, 0.4) is 0 Å². The van der Waals surface area contributed by atoms with Gasteiger partial charge in [0.2, 0.25) is 0 Å². The maximum absolute atomic E-state index is 15.2. The number of amides is 2. The summed E-state index contributed by atoms with van der Waals surface area (Å²) in [5.74, 6) is -3.23. The Balaban J connectivity index is 1.18. The van der Waals surface area contributed by atoms with Crippen molar-refractivity contribution < 1.29 is 41.5 Å². The second-order valence-corrected chi connectivity index (χ2v) is 9.87. The molecule has 222 valence electrons. The lowest BCUT2D eigenvalue weighted by atomic mass is 10.2. The smallest absolute Gasteiger partial charge is 0.414 e. The molecule has 0 aliphatic carbocycles. The third-order valence-corrected chi connectivity index (χ3v) is 7.13. The molecular formula is C27H31F4N5O5. The van der Waals surface area contributed by atoms with Gasteiger partial charge >= 0.3 is 12.5 Å². The van der Waals surface area contributed by atoms with E-state index in [-0.39, 0.29) is 37.6 Å². The molecular weight excluding hydrogens is 550 g/mol. The minimum atomic E-state index is -3.21. The lowest BCUT2D eigenvalue weighted by Gasteiger charge is -2.29. The number of alkyl halides is 2. The second-order valence-electron chi connectivity index (χ2n) is 9.87. The summed E-state index contributed by atoms with van der Waals surface area (Å²) in [5.41, 5.74) is 1.86. The third-order valence-electron chi connectivity index (χ3n) is 7.13. The number of cyclic esters (lactones) is 1. The number of rotatable bonds is 8. The van der Waals surface area contributed by atoms with Crippen LogP contribution in [0.4, 0.5) is 39.4 Å². The van der Waals surface area contributed by atoms with Crippen molar-refractivity contribution in [2.75, 3.05) is 80.3 Å². The number of morpholine rings is 1. The van der Waals surface area contributed by atoms with Crippen LogP contribution in [0.2, 0.25) is 0 Å². The van der Waals surface area contributed by atoms with E-state index in [0.29, 0.717) is 32.8 Å². The maximum Gasteiger partial charge on any atom is 0.414 e. The molecule has 14 heteroatoms. The van der Waals surface area contributed by atoms with Crippen molar-refractivity contribution >= 4 is 29.1 Å². The average molecular weight is 582 g/mol. The van der Waals surface area contributed by atoms with Gasteiger partial charge < -0.3 is 24.6 Å². The van der Waals surface area contributed by atoms with Gasteiger partial charge in [-0.15, -0.1) is 0 Å². The highest BCUT2D eigenvalue weighted by Crippen LogP contribution is 2.31. The van der Waals surface area contributed by atoms with Gasteiger partial charge in [-0.05, 0) is 17.7 Å². The number of carbonyl (C=O) groups is 2. The first kappa shape index (κ1) is 28.9. The quantitative estimate of drug-likeness (QED) is 0.477. The largest absolute Gasteiger partial charge is 0.442 e. The molecule has 0 aromatic heterocycles. The van der Waals surface area contributed by atoms with Crippen LogP contribution < -0.4 is 20.0 Å². The van der Waals surface area contributed by atoms with E-state index in [1.165, 1.54) is 0 Å². The number of benzene rings is 2. The fourth-order valence-corrected chi connectivity index (χ4v) is 5.01. The number of hydrogen-bond acceptors (Lipinski definition) is 8. The number of hydrogen-bond donors (Lipinski definition) is 1. The van der Waals surface area contributed by atoms with E-state index in [0.717, 1.165) is 41.4 Å². The predicted molar refractivity (Wildman–Crippen MR) is 141 cm³/mol.